The lowest BCUT2D eigenvalue weighted by molar-refractivity contribution is -0.0144. The summed E-state index contributed by atoms with van der Waals surface area (Å²) in [4.78, 5) is 0. The molecule has 1 spiro atoms. The van der Waals surface area contributed by atoms with Gasteiger partial charge in [0.15, 0.2) is 0 Å². The smallest absolute Gasteiger partial charge is 0.0522 e. The van der Waals surface area contributed by atoms with Gasteiger partial charge in [0, 0.05) is 6.61 Å². The van der Waals surface area contributed by atoms with Crippen LogP contribution in [0.15, 0.2) is 0 Å². The van der Waals surface area contributed by atoms with Crippen LogP contribution >= 0.6 is 0 Å². The van der Waals surface area contributed by atoms with E-state index in [0.717, 1.165) is 13.2 Å². The Labute approximate surface area is 74.7 Å². The van der Waals surface area contributed by atoms with Gasteiger partial charge in [-0.1, -0.05) is 0 Å². The van der Waals surface area contributed by atoms with Gasteiger partial charge >= 0.3 is 0 Å². The molecule has 70 valence electrons. The minimum Gasteiger partial charge on any atom is -0.381 e. The van der Waals surface area contributed by atoms with Crippen molar-refractivity contribution in [3.63, 3.8) is 0 Å². The average molecular weight is 169 g/mol. The quantitative estimate of drug-likeness (QED) is 0.594. The maximum Gasteiger partial charge on any atom is 0.0522 e. The van der Waals surface area contributed by atoms with Gasteiger partial charge < -0.3 is 10.1 Å². The predicted molar refractivity (Wildman–Crippen MR) is 49.2 cm³/mol. The van der Waals surface area contributed by atoms with E-state index in [9.17, 15) is 0 Å². The molecule has 2 aliphatic heterocycles. The summed E-state index contributed by atoms with van der Waals surface area (Å²) >= 11 is 0. The third-order valence-electron chi connectivity index (χ3n) is 3.30. The van der Waals surface area contributed by atoms with E-state index in [1.807, 2.05) is 0 Å². The van der Waals surface area contributed by atoms with Gasteiger partial charge in [-0.2, -0.15) is 0 Å². The van der Waals surface area contributed by atoms with E-state index in [1.165, 1.54) is 45.2 Å². The van der Waals surface area contributed by atoms with Gasteiger partial charge in [-0.3, -0.25) is 0 Å². The van der Waals surface area contributed by atoms with Crippen molar-refractivity contribution in [2.75, 3.05) is 26.3 Å². The first-order valence-corrected chi connectivity index (χ1v) is 5.20. The number of ether oxygens (including phenoxy) is 1. The van der Waals surface area contributed by atoms with Crippen LogP contribution in [0.5, 0.6) is 0 Å². The zero-order valence-corrected chi connectivity index (χ0v) is 7.77. The van der Waals surface area contributed by atoms with Crippen molar-refractivity contribution in [1.29, 1.82) is 0 Å². The van der Waals surface area contributed by atoms with Crippen LogP contribution in [-0.4, -0.2) is 26.3 Å². The highest BCUT2D eigenvalue weighted by Gasteiger charge is 2.32. The van der Waals surface area contributed by atoms with E-state index >= 15 is 0 Å². The summed E-state index contributed by atoms with van der Waals surface area (Å²) < 4.78 is 5.59. The van der Waals surface area contributed by atoms with Gasteiger partial charge in [0.05, 0.1) is 6.61 Å². The molecule has 2 rings (SSSR count). The lowest BCUT2D eigenvalue weighted by Gasteiger charge is -2.36. The molecule has 0 radical (unpaired) electrons. The third-order valence-corrected chi connectivity index (χ3v) is 3.30. The molecule has 2 fully saturated rings. The van der Waals surface area contributed by atoms with Gasteiger partial charge in [-0.15, -0.1) is 0 Å². The van der Waals surface area contributed by atoms with Crippen LogP contribution in [0.25, 0.3) is 0 Å². The van der Waals surface area contributed by atoms with Crippen LogP contribution in [0.4, 0.5) is 0 Å². The summed E-state index contributed by atoms with van der Waals surface area (Å²) in [6, 6.07) is 0. The highest BCUT2D eigenvalue weighted by atomic mass is 16.5. The predicted octanol–water partition coefficient (Wildman–Crippen LogP) is 1.56. The summed E-state index contributed by atoms with van der Waals surface area (Å²) in [7, 11) is 0. The molecule has 2 heterocycles. The lowest BCUT2D eigenvalue weighted by atomic mass is 9.76. The summed E-state index contributed by atoms with van der Waals surface area (Å²) in [5, 5.41) is 3.46. The molecule has 2 nitrogen and oxygen atoms in total. The second-order valence-corrected chi connectivity index (χ2v) is 4.26. The van der Waals surface area contributed by atoms with E-state index in [2.05, 4.69) is 5.32 Å². The third kappa shape index (κ3) is 1.80. The van der Waals surface area contributed by atoms with Crippen molar-refractivity contribution in [2.45, 2.75) is 32.1 Å². The molecule has 2 saturated heterocycles. The Morgan fingerprint density at radius 2 is 1.92 bits per heavy atom. The topological polar surface area (TPSA) is 21.3 Å². The van der Waals surface area contributed by atoms with Crippen LogP contribution in [-0.2, 0) is 4.74 Å². The lowest BCUT2D eigenvalue weighted by Crippen LogP contribution is -2.32. The molecular weight excluding hydrogens is 150 g/mol. The van der Waals surface area contributed by atoms with Gasteiger partial charge in [0.1, 0.15) is 0 Å². The van der Waals surface area contributed by atoms with Crippen LogP contribution in [0.2, 0.25) is 0 Å². The summed E-state index contributed by atoms with van der Waals surface area (Å²) in [6.45, 7) is 4.43. The molecule has 0 aromatic carbocycles. The minimum atomic E-state index is 0.557. The Morgan fingerprint density at radius 3 is 2.75 bits per heavy atom. The Kier molecular flexibility index (Phi) is 2.66. The molecule has 0 amide bonds. The van der Waals surface area contributed by atoms with E-state index in [0.29, 0.717) is 5.41 Å². The van der Waals surface area contributed by atoms with Gasteiger partial charge in [0.25, 0.3) is 0 Å². The molecule has 1 unspecified atom stereocenters. The molecule has 0 aliphatic carbocycles. The number of rotatable bonds is 0. The normalized spacial score (nSPS) is 38.0. The highest BCUT2D eigenvalue weighted by molar-refractivity contribution is 4.84. The van der Waals surface area contributed by atoms with Gasteiger partial charge in [0.2, 0.25) is 0 Å². The Bertz CT molecular complexity index is 131. The van der Waals surface area contributed by atoms with Crippen molar-refractivity contribution in [1.82, 2.24) is 5.32 Å². The molecule has 0 aromatic heterocycles. The number of nitrogens with one attached hydrogen (secondary N) is 1. The molecule has 1 N–H and O–H groups in total. The number of hydrogen-bond donors (Lipinski definition) is 1. The Morgan fingerprint density at radius 1 is 1.00 bits per heavy atom. The molecule has 2 aliphatic rings. The number of hydrogen-bond acceptors (Lipinski definition) is 2. The molecule has 2 heteroatoms. The maximum absolute atomic E-state index is 5.59. The Hall–Kier alpha value is -0.0800. The van der Waals surface area contributed by atoms with Gasteiger partial charge in [-0.25, -0.2) is 0 Å². The molecule has 0 aromatic rings. The van der Waals surface area contributed by atoms with Crippen molar-refractivity contribution < 1.29 is 4.74 Å². The average Bonchev–Trinajstić information content (AvgIpc) is 2.33. The van der Waals surface area contributed by atoms with Crippen molar-refractivity contribution >= 4 is 0 Å². The summed E-state index contributed by atoms with van der Waals surface area (Å²) in [6.07, 6.45) is 6.71. The first-order chi connectivity index (χ1) is 5.91. The van der Waals surface area contributed by atoms with Crippen LogP contribution in [0.1, 0.15) is 32.1 Å². The monoisotopic (exact) mass is 169 g/mol. The zero-order chi connectivity index (χ0) is 8.28. The fourth-order valence-electron chi connectivity index (χ4n) is 2.50. The first-order valence-electron chi connectivity index (χ1n) is 5.20. The van der Waals surface area contributed by atoms with Crippen LogP contribution in [0.3, 0.4) is 0 Å². The second-order valence-electron chi connectivity index (χ2n) is 4.26. The molecular formula is C10H19NO. The fraction of sp³-hybridized carbons (Fsp3) is 1.00. The van der Waals surface area contributed by atoms with E-state index in [1.54, 1.807) is 0 Å². The first kappa shape index (κ1) is 8.52. The summed E-state index contributed by atoms with van der Waals surface area (Å²) in [5.74, 6) is 0. The molecule has 0 saturated carbocycles. The minimum absolute atomic E-state index is 0.557. The zero-order valence-electron chi connectivity index (χ0n) is 7.77. The fourth-order valence-corrected chi connectivity index (χ4v) is 2.50. The largest absolute Gasteiger partial charge is 0.381 e. The second kappa shape index (κ2) is 3.75. The van der Waals surface area contributed by atoms with Crippen molar-refractivity contribution in [3.05, 3.63) is 0 Å². The van der Waals surface area contributed by atoms with Crippen LogP contribution in [0, 0.1) is 5.41 Å². The van der Waals surface area contributed by atoms with Crippen molar-refractivity contribution in [2.24, 2.45) is 5.41 Å². The van der Waals surface area contributed by atoms with E-state index in [4.69, 9.17) is 4.74 Å². The maximum atomic E-state index is 5.59. The molecule has 0 bridgehead atoms. The standard InChI is InChI=1S/C10H19NO/c1-3-10(5-7-11-6-1)4-2-8-12-9-10/h11H,1-9H2. The van der Waals surface area contributed by atoms with Gasteiger partial charge in [-0.05, 0) is 50.6 Å². The van der Waals surface area contributed by atoms with Crippen molar-refractivity contribution in [3.8, 4) is 0 Å². The SMILES string of the molecule is C1CNCCC2(C1)CCCOC2. The molecule has 12 heavy (non-hydrogen) atoms. The van der Waals surface area contributed by atoms with E-state index < -0.39 is 0 Å². The highest BCUT2D eigenvalue weighted by Crippen LogP contribution is 2.37. The van der Waals surface area contributed by atoms with Crippen LogP contribution < -0.4 is 5.32 Å². The molecule has 1 atom stereocenters. The Balaban J connectivity index is 1.95. The summed E-state index contributed by atoms with van der Waals surface area (Å²) in [5.41, 5.74) is 0.557. The van der Waals surface area contributed by atoms with E-state index in [-0.39, 0.29) is 0 Å².